The zero-order chi connectivity index (χ0) is 15.6. The molecule has 2 aliphatic heterocycles. The Morgan fingerprint density at radius 3 is 2.73 bits per heavy atom. The van der Waals surface area contributed by atoms with Crippen molar-refractivity contribution in [3.8, 4) is 5.88 Å². The van der Waals surface area contributed by atoms with E-state index in [1.54, 1.807) is 12.1 Å². The molecule has 0 saturated carbocycles. The van der Waals surface area contributed by atoms with E-state index in [-0.39, 0.29) is 37.9 Å². The third kappa shape index (κ3) is 3.69. The van der Waals surface area contributed by atoms with Gasteiger partial charge in [-0.05, 0) is 18.2 Å². The second kappa shape index (κ2) is 6.40. The lowest BCUT2D eigenvalue weighted by Gasteiger charge is -2.31. The van der Waals surface area contributed by atoms with Crippen molar-refractivity contribution in [2.75, 3.05) is 24.6 Å². The molecule has 0 unspecified atom stereocenters. The lowest BCUT2D eigenvalue weighted by molar-refractivity contribution is -0.0494. The summed E-state index contributed by atoms with van der Waals surface area (Å²) in [6.45, 7) is 0.173. The molecule has 2 aliphatic rings. The summed E-state index contributed by atoms with van der Waals surface area (Å²) in [4.78, 5) is 17.9. The highest BCUT2D eigenvalue weighted by Crippen LogP contribution is 2.28. The van der Waals surface area contributed by atoms with Crippen LogP contribution in [0.2, 0.25) is 0 Å². The Morgan fingerprint density at radius 1 is 1.36 bits per heavy atom. The molecular weight excluding hydrogens is 310 g/mol. The molecule has 1 amide bonds. The smallest absolute Gasteiger partial charge is 0.255 e. The van der Waals surface area contributed by atoms with Crippen LogP contribution in [0.15, 0.2) is 18.3 Å². The maximum absolute atomic E-state index is 13.1. The van der Waals surface area contributed by atoms with Gasteiger partial charge in [0.2, 0.25) is 5.88 Å². The number of hydrogen-bond donors (Lipinski definition) is 0. The van der Waals surface area contributed by atoms with Crippen molar-refractivity contribution >= 4 is 17.7 Å². The molecule has 0 spiro atoms. The van der Waals surface area contributed by atoms with Gasteiger partial charge in [-0.15, -0.1) is 0 Å². The molecule has 0 radical (unpaired) electrons. The minimum Gasteiger partial charge on any atom is -0.473 e. The van der Waals surface area contributed by atoms with Crippen LogP contribution >= 0.6 is 11.8 Å². The Balaban J connectivity index is 1.59. The van der Waals surface area contributed by atoms with Gasteiger partial charge >= 0.3 is 0 Å². The van der Waals surface area contributed by atoms with Crippen LogP contribution in [0.4, 0.5) is 8.78 Å². The van der Waals surface area contributed by atoms with Crippen LogP contribution in [-0.2, 0) is 0 Å². The number of hydrogen-bond acceptors (Lipinski definition) is 4. The van der Waals surface area contributed by atoms with Crippen LogP contribution in [0.3, 0.4) is 0 Å². The lowest BCUT2D eigenvalue weighted by Crippen LogP contribution is -2.42. The van der Waals surface area contributed by atoms with Gasteiger partial charge in [0, 0.05) is 43.9 Å². The first kappa shape index (κ1) is 15.5. The van der Waals surface area contributed by atoms with Gasteiger partial charge in [0.1, 0.15) is 6.10 Å². The molecule has 4 nitrogen and oxygen atoms in total. The fourth-order valence-electron chi connectivity index (χ4n) is 2.57. The first-order valence-corrected chi connectivity index (χ1v) is 8.56. The van der Waals surface area contributed by atoms with Crippen LogP contribution in [0.1, 0.15) is 29.6 Å². The topological polar surface area (TPSA) is 42.4 Å². The quantitative estimate of drug-likeness (QED) is 0.856. The molecular formula is C15H18F2N2O2S. The second-order valence-electron chi connectivity index (χ2n) is 5.64. The van der Waals surface area contributed by atoms with Gasteiger partial charge in [-0.3, -0.25) is 4.79 Å². The number of thioether (sulfide) groups is 1. The number of alkyl halides is 2. The van der Waals surface area contributed by atoms with Gasteiger partial charge in [-0.1, -0.05) is 0 Å². The van der Waals surface area contributed by atoms with E-state index in [2.05, 4.69) is 4.98 Å². The Labute approximate surface area is 132 Å². The third-order valence-electron chi connectivity index (χ3n) is 3.94. The summed E-state index contributed by atoms with van der Waals surface area (Å²) in [5, 5.41) is 0. The maximum Gasteiger partial charge on any atom is 0.255 e. The zero-order valence-electron chi connectivity index (χ0n) is 12.1. The van der Waals surface area contributed by atoms with Gasteiger partial charge in [-0.25, -0.2) is 13.8 Å². The molecule has 0 bridgehead atoms. The van der Waals surface area contributed by atoms with Crippen LogP contribution in [0.5, 0.6) is 5.88 Å². The SMILES string of the molecule is O=C(c1ccc(O[C@@H]2CCSC2)nc1)N1CCC(F)(F)CC1. The van der Waals surface area contributed by atoms with E-state index in [9.17, 15) is 13.6 Å². The van der Waals surface area contributed by atoms with Gasteiger partial charge in [-0.2, -0.15) is 11.8 Å². The average Bonchev–Trinajstić information content (AvgIpc) is 3.00. The number of ether oxygens (including phenoxy) is 1. The number of carbonyl (C=O) groups is 1. The van der Waals surface area contributed by atoms with E-state index >= 15 is 0 Å². The van der Waals surface area contributed by atoms with Crippen LogP contribution in [-0.4, -0.2) is 52.4 Å². The van der Waals surface area contributed by atoms with Crippen LogP contribution in [0, 0.1) is 0 Å². The Kier molecular flexibility index (Phi) is 4.52. The Hall–Kier alpha value is -1.37. The van der Waals surface area contributed by atoms with E-state index in [4.69, 9.17) is 4.74 Å². The number of pyridine rings is 1. The summed E-state index contributed by atoms with van der Waals surface area (Å²) >= 11 is 1.85. The number of aromatic nitrogens is 1. The minimum atomic E-state index is -2.65. The highest BCUT2D eigenvalue weighted by molar-refractivity contribution is 7.99. The van der Waals surface area contributed by atoms with E-state index < -0.39 is 5.92 Å². The molecule has 2 saturated heterocycles. The third-order valence-corrected chi connectivity index (χ3v) is 5.07. The zero-order valence-corrected chi connectivity index (χ0v) is 13.0. The van der Waals surface area contributed by atoms with E-state index in [1.807, 2.05) is 11.8 Å². The molecule has 0 N–H and O–H groups in total. The van der Waals surface area contributed by atoms with Crippen molar-refractivity contribution < 1.29 is 18.3 Å². The van der Waals surface area contributed by atoms with Crippen LogP contribution in [0.25, 0.3) is 0 Å². The first-order chi connectivity index (χ1) is 10.5. The molecule has 1 aromatic rings. The number of likely N-dealkylation sites (tertiary alicyclic amines) is 1. The Bertz CT molecular complexity index is 523. The predicted octanol–water partition coefficient (Wildman–Crippen LogP) is 2.84. The fourth-order valence-corrected chi connectivity index (χ4v) is 3.67. The van der Waals surface area contributed by atoms with Crippen molar-refractivity contribution in [2.45, 2.75) is 31.3 Å². The molecule has 2 fully saturated rings. The fraction of sp³-hybridized carbons (Fsp3) is 0.600. The molecule has 1 aromatic heterocycles. The first-order valence-electron chi connectivity index (χ1n) is 7.41. The minimum absolute atomic E-state index is 0.0867. The molecule has 22 heavy (non-hydrogen) atoms. The maximum atomic E-state index is 13.1. The molecule has 3 heterocycles. The highest BCUT2D eigenvalue weighted by atomic mass is 32.2. The number of piperidine rings is 1. The summed E-state index contributed by atoms with van der Waals surface area (Å²) in [5.41, 5.74) is 0.415. The standard InChI is InChI=1S/C15H18F2N2O2S/c16-15(17)4-6-19(7-5-15)14(20)11-1-2-13(18-9-11)21-12-3-8-22-10-12/h1-2,9,12H,3-8,10H2/t12-/m1/s1. The van der Waals surface area contributed by atoms with Gasteiger partial charge in [0.05, 0.1) is 5.56 Å². The average molecular weight is 328 g/mol. The molecule has 1 atom stereocenters. The normalized spacial score (nSPS) is 24.3. The van der Waals surface area contributed by atoms with E-state index in [0.717, 1.165) is 17.9 Å². The highest BCUT2D eigenvalue weighted by Gasteiger charge is 2.35. The summed E-state index contributed by atoms with van der Waals surface area (Å²) < 4.78 is 32.0. The second-order valence-corrected chi connectivity index (χ2v) is 6.79. The largest absolute Gasteiger partial charge is 0.473 e. The van der Waals surface area contributed by atoms with Crippen molar-refractivity contribution in [3.05, 3.63) is 23.9 Å². The summed E-state index contributed by atoms with van der Waals surface area (Å²) in [5.74, 6) is -0.322. The summed E-state index contributed by atoms with van der Waals surface area (Å²) in [6.07, 6.45) is 2.12. The van der Waals surface area contributed by atoms with Gasteiger partial charge < -0.3 is 9.64 Å². The summed E-state index contributed by atoms with van der Waals surface area (Å²) in [7, 11) is 0. The van der Waals surface area contributed by atoms with E-state index in [0.29, 0.717) is 11.4 Å². The Morgan fingerprint density at radius 2 is 2.14 bits per heavy atom. The molecule has 120 valence electrons. The number of carbonyl (C=O) groups excluding carboxylic acids is 1. The monoisotopic (exact) mass is 328 g/mol. The number of halogens is 2. The summed E-state index contributed by atoms with van der Waals surface area (Å²) in [6, 6.07) is 3.33. The molecule has 3 rings (SSSR count). The van der Waals surface area contributed by atoms with Crippen molar-refractivity contribution in [1.82, 2.24) is 9.88 Å². The van der Waals surface area contributed by atoms with Crippen molar-refractivity contribution in [1.29, 1.82) is 0 Å². The molecule has 7 heteroatoms. The number of nitrogens with zero attached hydrogens (tertiary/aromatic N) is 2. The predicted molar refractivity (Wildman–Crippen MR) is 80.7 cm³/mol. The van der Waals surface area contributed by atoms with Crippen LogP contribution < -0.4 is 4.74 Å². The molecule has 0 aliphatic carbocycles. The van der Waals surface area contributed by atoms with Gasteiger partial charge in [0.15, 0.2) is 0 Å². The van der Waals surface area contributed by atoms with Crippen molar-refractivity contribution in [2.24, 2.45) is 0 Å². The van der Waals surface area contributed by atoms with Gasteiger partial charge in [0.25, 0.3) is 11.8 Å². The molecule has 0 aromatic carbocycles. The number of amides is 1. The lowest BCUT2D eigenvalue weighted by atomic mass is 10.1. The van der Waals surface area contributed by atoms with E-state index in [1.165, 1.54) is 11.1 Å². The van der Waals surface area contributed by atoms with Crippen molar-refractivity contribution in [3.63, 3.8) is 0 Å². The number of rotatable bonds is 3.